The molecule has 0 bridgehead atoms. The van der Waals surface area contributed by atoms with Crippen molar-refractivity contribution < 1.29 is 9.18 Å². The number of nitrogens with zero attached hydrogens (tertiary/aromatic N) is 2. The van der Waals surface area contributed by atoms with Gasteiger partial charge in [-0.2, -0.15) is 5.26 Å². The molecule has 1 N–H and O–H groups in total. The smallest absolute Gasteiger partial charge is 0.262 e. The van der Waals surface area contributed by atoms with Gasteiger partial charge >= 0.3 is 0 Å². The maximum absolute atomic E-state index is 14.6. The number of rotatable bonds is 5. The Morgan fingerprint density at radius 3 is 2.63 bits per heavy atom. The van der Waals surface area contributed by atoms with Gasteiger partial charge in [-0.1, -0.05) is 30.3 Å². The van der Waals surface area contributed by atoms with Gasteiger partial charge in [-0.25, -0.2) is 4.39 Å². The summed E-state index contributed by atoms with van der Waals surface area (Å²) >= 11 is 0. The lowest BCUT2D eigenvalue weighted by Gasteiger charge is -2.19. The minimum Gasteiger partial charge on any atom is -0.369 e. The monoisotopic (exact) mass is 363 g/mol. The molecule has 1 saturated heterocycles. The van der Waals surface area contributed by atoms with E-state index < -0.39 is 5.91 Å². The molecule has 5 heteroatoms. The molecule has 138 valence electrons. The van der Waals surface area contributed by atoms with Gasteiger partial charge in [0.25, 0.3) is 5.91 Å². The van der Waals surface area contributed by atoms with Crippen molar-refractivity contribution in [3.63, 3.8) is 0 Å². The van der Waals surface area contributed by atoms with E-state index in [4.69, 9.17) is 0 Å². The van der Waals surface area contributed by atoms with Gasteiger partial charge in [0, 0.05) is 19.6 Å². The minimum absolute atomic E-state index is 0.0395. The third-order valence-corrected chi connectivity index (χ3v) is 4.74. The molecule has 0 radical (unpaired) electrons. The van der Waals surface area contributed by atoms with Crippen molar-refractivity contribution >= 4 is 17.7 Å². The lowest BCUT2D eigenvalue weighted by Crippen LogP contribution is -2.24. The molecule has 0 aliphatic carbocycles. The minimum atomic E-state index is -0.468. The van der Waals surface area contributed by atoms with Crippen LogP contribution in [0.3, 0.4) is 0 Å². The molecular formula is C22H22FN3O. The molecule has 2 aromatic rings. The molecule has 1 amide bonds. The fourth-order valence-corrected chi connectivity index (χ4v) is 3.22. The Labute approximate surface area is 158 Å². The van der Waals surface area contributed by atoms with Gasteiger partial charge < -0.3 is 10.2 Å². The van der Waals surface area contributed by atoms with Gasteiger partial charge in [-0.05, 0) is 54.7 Å². The first-order valence-corrected chi connectivity index (χ1v) is 9.07. The molecule has 0 spiro atoms. The van der Waals surface area contributed by atoms with Crippen LogP contribution >= 0.6 is 0 Å². The van der Waals surface area contributed by atoms with Crippen molar-refractivity contribution in [2.45, 2.75) is 26.3 Å². The summed E-state index contributed by atoms with van der Waals surface area (Å²) in [4.78, 5) is 14.4. The summed E-state index contributed by atoms with van der Waals surface area (Å²) < 4.78 is 14.6. The van der Waals surface area contributed by atoms with E-state index in [2.05, 4.69) is 5.32 Å². The predicted molar refractivity (Wildman–Crippen MR) is 104 cm³/mol. The van der Waals surface area contributed by atoms with E-state index in [1.54, 1.807) is 6.07 Å². The number of anilines is 1. The largest absolute Gasteiger partial charge is 0.369 e. The quantitative estimate of drug-likeness (QED) is 0.646. The van der Waals surface area contributed by atoms with Gasteiger partial charge in [0.1, 0.15) is 17.5 Å². The topological polar surface area (TPSA) is 56.1 Å². The number of nitriles is 1. The summed E-state index contributed by atoms with van der Waals surface area (Å²) in [6, 6.07) is 14.6. The molecule has 3 rings (SSSR count). The van der Waals surface area contributed by atoms with E-state index in [0.717, 1.165) is 37.1 Å². The number of nitrogens with one attached hydrogen (secondary N) is 1. The Kier molecular flexibility index (Phi) is 5.87. The van der Waals surface area contributed by atoms with E-state index in [1.165, 1.54) is 12.1 Å². The molecule has 2 aromatic carbocycles. The van der Waals surface area contributed by atoms with Crippen LogP contribution in [0.1, 0.15) is 29.5 Å². The van der Waals surface area contributed by atoms with Crippen LogP contribution in [0.5, 0.6) is 0 Å². The second kappa shape index (κ2) is 8.50. The van der Waals surface area contributed by atoms with Crippen molar-refractivity contribution in [3.05, 3.63) is 70.5 Å². The predicted octanol–water partition coefficient (Wildman–Crippen LogP) is 3.96. The zero-order valence-corrected chi connectivity index (χ0v) is 15.3. The molecule has 0 saturated carbocycles. The van der Waals surface area contributed by atoms with Crippen LogP contribution in [0, 0.1) is 24.1 Å². The highest BCUT2D eigenvalue weighted by Gasteiger charge is 2.18. The van der Waals surface area contributed by atoms with Crippen molar-refractivity contribution in [1.29, 1.82) is 5.26 Å². The number of halogens is 1. The van der Waals surface area contributed by atoms with Crippen molar-refractivity contribution in [1.82, 2.24) is 5.32 Å². The maximum Gasteiger partial charge on any atom is 0.262 e. The zero-order chi connectivity index (χ0) is 19.2. The van der Waals surface area contributed by atoms with Crippen molar-refractivity contribution in [3.8, 4) is 6.07 Å². The van der Waals surface area contributed by atoms with Crippen LogP contribution in [-0.4, -0.2) is 19.0 Å². The average molecular weight is 363 g/mol. The van der Waals surface area contributed by atoms with Crippen LogP contribution in [0.2, 0.25) is 0 Å². The summed E-state index contributed by atoms with van der Waals surface area (Å²) in [5.74, 6) is -0.791. The Bertz CT molecular complexity index is 894. The molecule has 4 nitrogen and oxygen atoms in total. The first-order valence-electron chi connectivity index (χ1n) is 9.07. The van der Waals surface area contributed by atoms with Gasteiger partial charge in [0.15, 0.2) is 0 Å². The van der Waals surface area contributed by atoms with Crippen LogP contribution in [0.15, 0.2) is 48.0 Å². The fourth-order valence-electron chi connectivity index (χ4n) is 3.22. The molecule has 1 aliphatic rings. The highest BCUT2D eigenvalue weighted by atomic mass is 19.1. The van der Waals surface area contributed by atoms with E-state index >= 15 is 0 Å². The average Bonchev–Trinajstić information content (AvgIpc) is 3.21. The van der Waals surface area contributed by atoms with Gasteiger partial charge in [0.05, 0.1) is 5.69 Å². The highest BCUT2D eigenvalue weighted by Crippen LogP contribution is 2.27. The lowest BCUT2D eigenvalue weighted by atomic mass is 10.0. The second-order valence-corrected chi connectivity index (χ2v) is 6.69. The molecule has 1 heterocycles. The lowest BCUT2D eigenvalue weighted by molar-refractivity contribution is -0.117. The summed E-state index contributed by atoms with van der Waals surface area (Å²) in [6.45, 7) is 3.91. The van der Waals surface area contributed by atoms with E-state index in [-0.39, 0.29) is 11.4 Å². The Morgan fingerprint density at radius 1 is 1.26 bits per heavy atom. The first kappa shape index (κ1) is 18.7. The number of hydrogen-bond donors (Lipinski definition) is 1. The molecule has 0 unspecified atom stereocenters. The van der Waals surface area contributed by atoms with Gasteiger partial charge in [-0.15, -0.1) is 0 Å². The number of amides is 1. The molecule has 27 heavy (non-hydrogen) atoms. The standard InChI is InChI=1S/C22H22FN3O/c1-16-11-21(26-9-5-6-10-26)20(23)13-18(16)12-19(14-24)22(27)25-15-17-7-3-2-4-8-17/h2-4,7-8,11-13H,5-6,9-10,15H2,1H3,(H,25,27)/b19-12-. The summed E-state index contributed by atoms with van der Waals surface area (Å²) in [5, 5.41) is 12.1. The van der Waals surface area contributed by atoms with Crippen LogP contribution in [0.4, 0.5) is 10.1 Å². The van der Waals surface area contributed by atoms with Crippen molar-refractivity contribution in [2.75, 3.05) is 18.0 Å². The second-order valence-electron chi connectivity index (χ2n) is 6.69. The number of aryl methyl sites for hydroxylation is 1. The number of carbonyl (C=O) groups excluding carboxylic acids is 1. The highest BCUT2D eigenvalue weighted by molar-refractivity contribution is 6.01. The molecular weight excluding hydrogens is 341 g/mol. The summed E-state index contributed by atoms with van der Waals surface area (Å²) in [6.07, 6.45) is 3.59. The third kappa shape index (κ3) is 4.53. The summed E-state index contributed by atoms with van der Waals surface area (Å²) in [5.41, 5.74) is 2.88. The first-order chi connectivity index (χ1) is 13.1. The van der Waals surface area contributed by atoms with E-state index in [1.807, 2.05) is 48.2 Å². The van der Waals surface area contributed by atoms with Crippen molar-refractivity contribution in [2.24, 2.45) is 0 Å². The normalized spacial score (nSPS) is 14.1. The molecule has 0 aromatic heterocycles. The van der Waals surface area contributed by atoms with Gasteiger partial charge in [0.2, 0.25) is 0 Å². The fraction of sp³-hybridized carbons (Fsp3) is 0.273. The van der Waals surface area contributed by atoms with Crippen LogP contribution < -0.4 is 10.2 Å². The molecule has 1 aliphatic heterocycles. The van der Waals surface area contributed by atoms with E-state index in [9.17, 15) is 14.4 Å². The SMILES string of the molecule is Cc1cc(N2CCCC2)c(F)cc1/C=C(/C#N)C(=O)NCc1ccccc1. The summed E-state index contributed by atoms with van der Waals surface area (Å²) in [7, 11) is 0. The number of hydrogen-bond acceptors (Lipinski definition) is 3. The molecule has 1 fully saturated rings. The Balaban J connectivity index is 1.77. The number of benzene rings is 2. The van der Waals surface area contributed by atoms with E-state index in [0.29, 0.717) is 17.8 Å². The third-order valence-electron chi connectivity index (χ3n) is 4.74. The van der Waals surface area contributed by atoms with Crippen LogP contribution in [-0.2, 0) is 11.3 Å². The Morgan fingerprint density at radius 2 is 1.96 bits per heavy atom. The zero-order valence-electron chi connectivity index (χ0n) is 15.3. The maximum atomic E-state index is 14.6. The van der Waals surface area contributed by atoms with Gasteiger partial charge in [-0.3, -0.25) is 4.79 Å². The molecule has 0 atom stereocenters. The Hall–Kier alpha value is -3.13. The van der Waals surface area contributed by atoms with Crippen LogP contribution in [0.25, 0.3) is 6.08 Å². The number of carbonyl (C=O) groups is 1.